The first kappa shape index (κ1) is 24.4. The van der Waals surface area contributed by atoms with Gasteiger partial charge in [0.25, 0.3) is 0 Å². The van der Waals surface area contributed by atoms with Gasteiger partial charge in [-0.05, 0) is 92.6 Å². The predicted octanol–water partition coefficient (Wildman–Crippen LogP) is 11.0. The van der Waals surface area contributed by atoms with Crippen LogP contribution in [0.5, 0.6) is 0 Å². The first-order valence-corrected chi connectivity index (χ1v) is 16.1. The summed E-state index contributed by atoms with van der Waals surface area (Å²) in [5.74, 6) is 0.361. The van der Waals surface area contributed by atoms with Crippen LogP contribution >= 0.6 is 11.3 Å². The van der Waals surface area contributed by atoms with Gasteiger partial charge >= 0.3 is 0 Å². The van der Waals surface area contributed by atoms with Gasteiger partial charge in [0.05, 0.1) is 0 Å². The maximum Gasteiger partial charge on any atom is 0.0352 e. The smallest absolute Gasteiger partial charge is 0.0352 e. The molecule has 0 fully saturated rings. The van der Waals surface area contributed by atoms with Crippen molar-refractivity contribution in [2.24, 2.45) is 5.92 Å². The van der Waals surface area contributed by atoms with Crippen LogP contribution in [0.25, 0.3) is 37.9 Å². The zero-order chi connectivity index (χ0) is 28.0. The summed E-state index contributed by atoms with van der Waals surface area (Å²) in [4.78, 5) is 1.54. The molecule has 0 saturated heterocycles. The van der Waals surface area contributed by atoms with Crippen molar-refractivity contribution in [2.45, 2.75) is 38.5 Å². The van der Waals surface area contributed by atoms with Crippen molar-refractivity contribution in [1.29, 1.82) is 0 Å². The van der Waals surface area contributed by atoms with E-state index in [9.17, 15) is 0 Å². The highest BCUT2D eigenvalue weighted by Gasteiger charge is 2.40. The van der Waals surface area contributed by atoms with Gasteiger partial charge in [0.1, 0.15) is 0 Å². The number of thiophene rings is 1. The van der Waals surface area contributed by atoms with Crippen LogP contribution in [-0.2, 0) is 11.8 Å². The van der Waals surface area contributed by atoms with Crippen LogP contribution in [0.2, 0.25) is 0 Å². The van der Waals surface area contributed by atoms with Crippen LogP contribution in [-0.4, -0.2) is 0 Å². The van der Waals surface area contributed by atoms with E-state index >= 15 is 0 Å². The van der Waals surface area contributed by atoms with E-state index in [1.54, 1.807) is 16.0 Å². The van der Waals surface area contributed by atoms with Crippen molar-refractivity contribution in [1.82, 2.24) is 0 Å². The number of aryl methyl sites for hydroxylation is 1. The SMILES string of the molecule is CC1(C)c2ccccc2-c2ccc(C3=C4CCc5sc6ccccc6c5C4=C(c4ccccc4)C4=CC=CCC43)cc21. The highest BCUT2D eigenvalue weighted by Crippen LogP contribution is 2.58. The van der Waals surface area contributed by atoms with Crippen LogP contribution in [0, 0.1) is 5.92 Å². The average Bonchev–Trinajstić information content (AvgIpc) is 3.52. The van der Waals surface area contributed by atoms with Gasteiger partial charge in [-0.1, -0.05) is 117 Å². The number of benzene rings is 4. The first-order valence-electron chi connectivity index (χ1n) is 15.3. The molecule has 4 aliphatic rings. The molecule has 1 unspecified atom stereocenters. The molecule has 42 heavy (non-hydrogen) atoms. The van der Waals surface area contributed by atoms with E-state index < -0.39 is 0 Å². The molecule has 5 aromatic rings. The number of rotatable bonds is 2. The van der Waals surface area contributed by atoms with Crippen LogP contribution in [0.1, 0.15) is 59.4 Å². The van der Waals surface area contributed by atoms with Gasteiger partial charge in [-0.25, -0.2) is 0 Å². The molecule has 0 nitrogen and oxygen atoms in total. The van der Waals surface area contributed by atoms with Gasteiger partial charge in [-0.2, -0.15) is 0 Å². The molecule has 1 heteroatoms. The number of hydrogen-bond donors (Lipinski definition) is 0. The van der Waals surface area contributed by atoms with E-state index in [0.717, 1.165) is 19.3 Å². The van der Waals surface area contributed by atoms with Crippen molar-refractivity contribution in [3.8, 4) is 11.1 Å². The zero-order valence-corrected chi connectivity index (χ0v) is 24.9. The van der Waals surface area contributed by atoms with Gasteiger partial charge in [0.15, 0.2) is 0 Å². The second-order valence-electron chi connectivity index (χ2n) is 12.7. The lowest BCUT2D eigenvalue weighted by Gasteiger charge is -2.39. The molecule has 4 aromatic carbocycles. The third kappa shape index (κ3) is 3.29. The fraction of sp³-hybridized carbons (Fsp3) is 0.171. The largest absolute Gasteiger partial charge is 0.140 e. The third-order valence-corrected chi connectivity index (χ3v) is 11.4. The topological polar surface area (TPSA) is 0 Å². The minimum atomic E-state index is -0.00979. The lowest BCUT2D eigenvalue weighted by atomic mass is 9.65. The molecule has 202 valence electrons. The van der Waals surface area contributed by atoms with Gasteiger partial charge in [0, 0.05) is 31.9 Å². The Labute approximate surface area is 252 Å². The minimum absolute atomic E-state index is 0.00979. The molecule has 9 rings (SSSR count). The molecule has 0 radical (unpaired) electrons. The third-order valence-electron chi connectivity index (χ3n) is 10.2. The van der Waals surface area contributed by atoms with E-state index in [0.29, 0.717) is 5.92 Å². The molecule has 0 N–H and O–H groups in total. The lowest BCUT2D eigenvalue weighted by molar-refractivity contribution is 0.660. The molecule has 1 atom stereocenters. The second-order valence-corrected chi connectivity index (χ2v) is 13.8. The van der Waals surface area contributed by atoms with E-state index in [1.165, 1.54) is 65.7 Å². The number of allylic oxidation sites excluding steroid dienone is 8. The Morgan fingerprint density at radius 3 is 2.40 bits per heavy atom. The van der Waals surface area contributed by atoms with Gasteiger partial charge in [0.2, 0.25) is 0 Å². The lowest BCUT2D eigenvalue weighted by Crippen LogP contribution is -2.21. The second kappa shape index (κ2) is 8.90. The Balaban J connectivity index is 1.37. The summed E-state index contributed by atoms with van der Waals surface area (Å²) in [6, 6.07) is 36.6. The molecular weight excluding hydrogens is 525 g/mol. The van der Waals surface area contributed by atoms with E-state index in [-0.39, 0.29) is 5.41 Å². The highest BCUT2D eigenvalue weighted by molar-refractivity contribution is 7.19. The first-order chi connectivity index (χ1) is 20.6. The zero-order valence-electron chi connectivity index (χ0n) is 24.1. The molecule has 4 aliphatic carbocycles. The molecule has 1 heterocycles. The minimum Gasteiger partial charge on any atom is -0.140 e. The summed E-state index contributed by atoms with van der Waals surface area (Å²) in [5, 5.41) is 1.41. The quantitative estimate of drug-likeness (QED) is 0.203. The van der Waals surface area contributed by atoms with Crippen molar-refractivity contribution < 1.29 is 0 Å². The van der Waals surface area contributed by atoms with Crippen molar-refractivity contribution in [3.05, 3.63) is 159 Å². The number of hydrogen-bond acceptors (Lipinski definition) is 1. The molecular formula is C41H32S. The molecule has 0 spiro atoms. The predicted molar refractivity (Wildman–Crippen MR) is 180 cm³/mol. The molecule has 0 aliphatic heterocycles. The van der Waals surface area contributed by atoms with E-state index in [2.05, 4.69) is 129 Å². The Kier molecular flexibility index (Phi) is 5.17. The van der Waals surface area contributed by atoms with Crippen LogP contribution in [0.3, 0.4) is 0 Å². The summed E-state index contributed by atoms with van der Waals surface area (Å²) in [5.41, 5.74) is 17.4. The van der Waals surface area contributed by atoms with Gasteiger partial charge < -0.3 is 0 Å². The average molecular weight is 557 g/mol. The molecule has 0 saturated carbocycles. The van der Waals surface area contributed by atoms with Crippen molar-refractivity contribution in [2.75, 3.05) is 0 Å². The Bertz CT molecular complexity index is 2070. The molecule has 0 bridgehead atoms. The summed E-state index contributed by atoms with van der Waals surface area (Å²) in [6.45, 7) is 4.80. The fourth-order valence-electron chi connectivity index (χ4n) is 8.28. The molecule has 1 aromatic heterocycles. The van der Waals surface area contributed by atoms with E-state index in [4.69, 9.17) is 0 Å². The summed E-state index contributed by atoms with van der Waals surface area (Å²) < 4.78 is 1.40. The monoisotopic (exact) mass is 556 g/mol. The summed E-state index contributed by atoms with van der Waals surface area (Å²) in [7, 11) is 0. The van der Waals surface area contributed by atoms with Crippen LogP contribution < -0.4 is 0 Å². The number of fused-ring (bicyclic) bond motifs is 9. The van der Waals surface area contributed by atoms with Crippen molar-refractivity contribution >= 4 is 38.1 Å². The van der Waals surface area contributed by atoms with E-state index in [1.807, 2.05) is 11.3 Å². The van der Waals surface area contributed by atoms with Gasteiger partial charge in [-0.3, -0.25) is 0 Å². The summed E-state index contributed by atoms with van der Waals surface area (Å²) >= 11 is 2.00. The van der Waals surface area contributed by atoms with Gasteiger partial charge in [-0.15, -0.1) is 11.3 Å². The van der Waals surface area contributed by atoms with Crippen LogP contribution in [0.15, 0.2) is 126 Å². The van der Waals surface area contributed by atoms with Crippen molar-refractivity contribution in [3.63, 3.8) is 0 Å². The Morgan fingerprint density at radius 1 is 0.714 bits per heavy atom. The standard InChI is InChI=1S/C41H32S/c1-41(2)33-18-10-8-14-27(33)28-21-20-26(24-34(28)41)37-29-15-6-7-16-30(29)38(25-12-4-3-5-13-25)40-32(37)22-23-36-39(40)31-17-9-11-19-35(31)42-36/h3-14,16-21,24,29H,15,22-23H2,1-2H3. The molecule has 0 amide bonds. The summed E-state index contributed by atoms with van der Waals surface area (Å²) in [6.07, 6.45) is 10.3. The Morgan fingerprint density at radius 2 is 1.50 bits per heavy atom. The van der Waals surface area contributed by atoms with Crippen LogP contribution in [0.4, 0.5) is 0 Å². The fourth-order valence-corrected chi connectivity index (χ4v) is 9.49. The Hall–Kier alpha value is -4.20. The maximum atomic E-state index is 2.56. The normalized spacial score (nSPS) is 19.7. The highest BCUT2D eigenvalue weighted by atomic mass is 32.1. The maximum absolute atomic E-state index is 2.56.